The first kappa shape index (κ1) is 13.1. The average Bonchev–Trinajstić information content (AvgIpc) is 3.07. The lowest BCUT2D eigenvalue weighted by Crippen LogP contribution is -2.11. The minimum Gasteiger partial charge on any atom is -0.467 e. The third-order valence-corrected chi connectivity index (χ3v) is 2.93. The molecule has 6 nitrogen and oxygen atoms in total. The standard InChI is InChI=1S/C15H15N5O/c16-20-14-9-13(17-10-12-7-4-8-21-12)18-15(19-14)11-5-2-1-3-6-11/h1-9H,10,16H2,(H2,17,18,19,20). The second-order valence-electron chi connectivity index (χ2n) is 4.41. The summed E-state index contributed by atoms with van der Waals surface area (Å²) in [5.74, 6) is 8.13. The number of nitrogen functional groups attached to an aromatic ring is 1. The number of nitrogens with two attached hydrogens (primary N) is 1. The molecule has 2 heterocycles. The molecule has 106 valence electrons. The molecule has 0 aliphatic carbocycles. The number of hydrogen-bond donors (Lipinski definition) is 3. The lowest BCUT2D eigenvalue weighted by molar-refractivity contribution is 0.518. The first-order valence-electron chi connectivity index (χ1n) is 6.52. The molecule has 0 saturated heterocycles. The smallest absolute Gasteiger partial charge is 0.163 e. The number of hydrazine groups is 1. The van der Waals surface area contributed by atoms with E-state index in [1.54, 1.807) is 12.3 Å². The topological polar surface area (TPSA) is 89.0 Å². The van der Waals surface area contributed by atoms with Gasteiger partial charge in [0.2, 0.25) is 0 Å². The number of rotatable bonds is 5. The molecule has 0 saturated carbocycles. The Morgan fingerprint density at radius 1 is 1.00 bits per heavy atom. The summed E-state index contributed by atoms with van der Waals surface area (Å²) in [5, 5.41) is 3.19. The summed E-state index contributed by atoms with van der Waals surface area (Å²) in [6.07, 6.45) is 1.64. The van der Waals surface area contributed by atoms with Crippen LogP contribution in [0.2, 0.25) is 0 Å². The van der Waals surface area contributed by atoms with Crippen LogP contribution in [0.15, 0.2) is 59.2 Å². The molecule has 0 aliphatic heterocycles. The van der Waals surface area contributed by atoms with Crippen molar-refractivity contribution in [3.8, 4) is 11.4 Å². The Morgan fingerprint density at radius 2 is 1.81 bits per heavy atom. The lowest BCUT2D eigenvalue weighted by Gasteiger charge is -2.09. The minimum absolute atomic E-state index is 0.544. The second kappa shape index (κ2) is 6.06. The highest BCUT2D eigenvalue weighted by molar-refractivity contribution is 5.60. The average molecular weight is 281 g/mol. The molecule has 1 aromatic carbocycles. The molecule has 0 radical (unpaired) electrons. The van der Waals surface area contributed by atoms with E-state index in [-0.39, 0.29) is 0 Å². The van der Waals surface area contributed by atoms with Crippen LogP contribution in [0.1, 0.15) is 5.76 Å². The van der Waals surface area contributed by atoms with E-state index in [2.05, 4.69) is 20.7 Å². The molecular formula is C15H15N5O. The normalized spacial score (nSPS) is 10.3. The van der Waals surface area contributed by atoms with E-state index in [1.165, 1.54) is 0 Å². The van der Waals surface area contributed by atoms with Gasteiger partial charge in [-0.15, -0.1) is 0 Å². The van der Waals surface area contributed by atoms with Crippen LogP contribution in [0.5, 0.6) is 0 Å². The monoisotopic (exact) mass is 281 g/mol. The van der Waals surface area contributed by atoms with E-state index in [1.807, 2.05) is 42.5 Å². The number of nitrogens with zero attached hydrogens (tertiary/aromatic N) is 2. The van der Waals surface area contributed by atoms with Crippen LogP contribution in [0, 0.1) is 0 Å². The third-order valence-electron chi connectivity index (χ3n) is 2.93. The van der Waals surface area contributed by atoms with Gasteiger partial charge in [0.1, 0.15) is 17.4 Å². The highest BCUT2D eigenvalue weighted by Crippen LogP contribution is 2.20. The minimum atomic E-state index is 0.544. The van der Waals surface area contributed by atoms with Crippen molar-refractivity contribution in [2.75, 3.05) is 10.7 Å². The molecule has 0 fully saturated rings. The van der Waals surface area contributed by atoms with E-state index in [0.29, 0.717) is 24.0 Å². The Kier molecular flexibility index (Phi) is 3.79. The van der Waals surface area contributed by atoms with Gasteiger partial charge in [0.15, 0.2) is 5.82 Å². The maximum atomic E-state index is 5.47. The van der Waals surface area contributed by atoms with Crippen molar-refractivity contribution in [3.05, 3.63) is 60.6 Å². The van der Waals surface area contributed by atoms with Crippen molar-refractivity contribution in [1.82, 2.24) is 9.97 Å². The van der Waals surface area contributed by atoms with Crippen LogP contribution < -0.4 is 16.6 Å². The summed E-state index contributed by atoms with van der Waals surface area (Å²) in [6.45, 7) is 0.544. The van der Waals surface area contributed by atoms with Crippen molar-refractivity contribution in [2.45, 2.75) is 6.54 Å². The zero-order chi connectivity index (χ0) is 14.5. The largest absolute Gasteiger partial charge is 0.467 e. The highest BCUT2D eigenvalue weighted by atomic mass is 16.3. The van der Waals surface area contributed by atoms with Gasteiger partial charge in [-0.1, -0.05) is 30.3 Å². The van der Waals surface area contributed by atoms with Gasteiger partial charge in [0.25, 0.3) is 0 Å². The molecular weight excluding hydrogens is 266 g/mol. The van der Waals surface area contributed by atoms with Gasteiger partial charge in [0, 0.05) is 11.6 Å². The van der Waals surface area contributed by atoms with Gasteiger partial charge in [-0.3, -0.25) is 0 Å². The zero-order valence-electron chi connectivity index (χ0n) is 11.3. The predicted molar refractivity (Wildman–Crippen MR) is 81.3 cm³/mol. The van der Waals surface area contributed by atoms with Gasteiger partial charge in [0.05, 0.1) is 12.8 Å². The van der Waals surface area contributed by atoms with Gasteiger partial charge in [-0.25, -0.2) is 15.8 Å². The Labute approximate surface area is 122 Å². The fourth-order valence-corrected chi connectivity index (χ4v) is 1.92. The summed E-state index contributed by atoms with van der Waals surface area (Å²) in [6, 6.07) is 15.2. The number of benzene rings is 1. The molecule has 0 aliphatic rings. The molecule has 6 heteroatoms. The van der Waals surface area contributed by atoms with E-state index < -0.39 is 0 Å². The fraction of sp³-hybridized carbons (Fsp3) is 0.0667. The fourth-order valence-electron chi connectivity index (χ4n) is 1.92. The number of hydrogen-bond acceptors (Lipinski definition) is 6. The van der Waals surface area contributed by atoms with Crippen molar-refractivity contribution < 1.29 is 4.42 Å². The number of furan rings is 1. The van der Waals surface area contributed by atoms with Gasteiger partial charge in [-0.05, 0) is 12.1 Å². The summed E-state index contributed by atoms with van der Waals surface area (Å²) < 4.78 is 5.28. The maximum Gasteiger partial charge on any atom is 0.163 e. The molecule has 0 amide bonds. The van der Waals surface area contributed by atoms with E-state index in [0.717, 1.165) is 11.3 Å². The van der Waals surface area contributed by atoms with Gasteiger partial charge < -0.3 is 15.2 Å². The molecule has 0 bridgehead atoms. The number of aromatic nitrogens is 2. The summed E-state index contributed by atoms with van der Waals surface area (Å²) >= 11 is 0. The molecule has 0 spiro atoms. The first-order valence-corrected chi connectivity index (χ1v) is 6.52. The predicted octanol–water partition coefficient (Wildman–Crippen LogP) is 2.63. The quantitative estimate of drug-likeness (QED) is 0.492. The lowest BCUT2D eigenvalue weighted by atomic mass is 10.2. The van der Waals surface area contributed by atoms with Crippen LogP contribution in [0.25, 0.3) is 11.4 Å². The SMILES string of the molecule is NNc1cc(NCc2ccco2)nc(-c2ccccc2)n1. The van der Waals surface area contributed by atoms with E-state index in [9.17, 15) is 0 Å². The van der Waals surface area contributed by atoms with Crippen LogP contribution in [0.4, 0.5) is 11.6 Å². The molecule has 4 N–H and O–H groups in total. The van der Waals surface area contributed by atoms with Gasteiger partial charge in [-0.2, -0.15) is 0 Å². The Hall–Kier alpha value is -2.86. The molecule has 3 aromatic rings. The van der Waals surface area contributed by atoms with Crippen molar-refractivity contribution in [1.29, 1.82) is 0 Å². The Bertz CT molecular complexity index is 697. The third kappa shape index (κ3) is 3.18. The number of nitrogens with one attached hydrogen (secondary N) is 2. The molecule has 0 atom stereocenters. The van der Waals surface area contributed by atoms with Crippen molar-refractivity contribution in [2.24, 2.45) is 5.84 Å². The van der Waals surface area contributed by atoms with Crippen molar-refractivity contribution >= 4 is 11.6 Å². The van der Waals surface area contributed by atoms with Crippen LogP contribution in [-0.2, 0) is 6.54 Å². The van der Waals surface area contributed by atoms with Gasteiger partial charge >= 0.3 is 0 Å². The summed E-state index contributed by atoms with van der Waals surface area (Å²) in [4.78, 5) is 8.85. The Morgan fingerprint density at radius 3 is 2.52 bits per heavy atom. The molecule has 2 aromatic heterocycles. The van der Waals surface area contributed by atoms with Crippen molar-refractivity contribution in [3.63, 3.8) is 0 Å². The molecule has 0 unspecified atom stereocenters. The Balaban J connectivity index is 1.86. The molecule has 21 heavy (non-hydrogen) atoms. The summed E-state index contributed by atoms with van der Waals surface area (Å²) in [5.41, 5.74) is 3.48. The van der Waals surface area contributed by atoms with E-state index >= 15 is 0 Å². The summed E-state index contributed by atoms with van der Waals surface area (Å²) in [7, 11) is 0. The molecule has 3 rings (SSSR count). The maximum absolute atomic E-state index is 5.47. The number of anilines is 2. The van der Waals surface area contributed by atoms with Crippen LogP contribution in [-0.4, -0.2) is 9.97 Å². The zero-order valence-corrected chi connectivity index (χ0v) is 11.3. The van der Waals surface area contributed by atoms with E-state index in [4.69, 9.17) is 10.3 Å². The highest BCUT2D eigenvalue weighted by Gasteiger charge is 2.06. The van der Waals surface area contributed by atoms with Crippen LogP contribution >= 0.6 is 0 Å². The first-order chi connectivity index (χ1) is 10.3. The van der Waals surface area contributed by atoms with Crippen LogP contribution in [0.3, 0.4) is 0 Å². The second-order valence-corrected chi connectivity index (χ2v) is 4.41.